The standard InChI is InChI=1S/C26H23FN2O3/c1-17-13-18(2)15-22(14-17)32-12-11-29-25(30)23(19-7-4-3-5-8-19)24(26(29)31)28-21-10-6-9-20(27)16-21/h3-10,13-16,28H,11-12H2,1-2H3. The molecule has 1 heterocycles. The van der Waals surface area contributed by atoms with Crippen LogP contribution < -0.4 is 10.1 Å². The lowest BCUT2D eigenvalue weighted by Gasteiger charge is -2.16. The van der Waals surface area contributed by atoms with Crippen molar-refractivity contribution >= 4 is 23.1 Å². The molecule has 0 spiro atoms. The fraction of sp³-hybridized carbons (Fsp3) is 0.154. The van der Waals surface area contributed by atoms with Crippen molar-refractivity contribution in [3.8, 4) is 5.75 Å². The Kier molecular flexibility index (Phi) is 6.03. The van der Waals surface area contributed by atoms with E-state index in [9.17, 15) is 14.0 Å². The average molecular weight is 430 g/mol. The van der Waals surface area contributed by atoms with Crippen molar-refractivity contribution in [2.24, 2.45) is 0 Å². The average Bonchev–Trinajstić information content (AvgIpc) is 2.98. The molecule has 32 heavy (non-hydrogen) atoms. The quantitative estimate of drug-likeness (QED) is 0.552. The van der Waals surface area contributed by atoms with Gasteiger partial charge >= 0.3 is 0 Å². The van der Waals surface area contributed by atoms with Crippen molar-refractivity contribution in [2.75, 3.05) is 18.5 Å². The Balaban J connectivity index is 1.57. The molecule has 0 aliphatic carbocycles. The van der Waals surface area contributed by atoms with E-state index in [4.69, 9.17) is 4.74 Å². The Hall–Kier alpha value is -3.93. The maximum atomic E-state index is 13.7. The van der Waals surface area contributed by atoms with Gasteiger partial charge in [-0.3, -0.25) is 14.5 Å². The molecule has 1 aliphatic rings. The summed E-state index contributed by atoms with van der Waals surface area (Å²) in [7, 11) is 0. The number of carbonyl (C=O) groups excluding carboxylic acids is 2. The van der Waals surface area contributed by atoms with Gasteiger partial charge < -0.3 is 10.1 Å². The zero-order valence-electron chi connectivity index (χ0n) is 17.9. The summed E-state index contributed by atoms with van der Waals surface area (Å²) in [6, 6.07) is 20.6. The molecule has 162 valence electrons. The fourth-order valence-electron chi connectivity index (χ4n) is 3.75. The van der Waals surface area contributed by atoms with Crippen LogP contribution in [0.1, 0.15) is 16.7 Å². The number of rotatable bonds is 7. The molecule has 4 rings (SSSR count). The van der Waals surface area contributed by atoms with E-state index >= 15 is 0 Å². The minimum absolute atomic E-state index is 0.0926. The Labute approximate surface area is 186 Å². The third-order valence-electron chi connectivity index (χ3n) is 5.10. The third kappa shape index (κ3) is 4.54. The summed E-state index contributed by atoms with van der Waals surface area (Å²) < 4.78 is 19.5. The van der Waals surface area contributed by atoms with Gasteiger partial charge in [0.2, 0.25) is 0 Å². The summed E-state index contributed by atoms with van der Waals surface area (Å²) in [5.41, 5.74) is 3.53. The van der Waals surface area contributed by atoms with Crippen molar-refractivity contribution in [1.29, 1.82) is 0 Å². The van der Waals surface area contributed by atoms with Gasteiger partial charge in [-0.2, -0.15) is 0 Å². The van der Waals surface area contributed by atoms with Crippen LogP contribution in [0.25, 0.3) is 5.57 Å². The second kappa shape index (κ2) is 9.06. The van der Waals surface area contributed by atoms with Crippen LogP contribution in [0.15, 0.2) is 78.5 Å². The molecule has 0 fully saturated rings. The number of carbonyl (C=O) groups is 2. The number of anilines is 1. The van der Waals surface area contributed by atoms with Crippen LogP contribution >= 0.6 is 0 Å². The van der Waals surface area contributed by atoms with Gasteiger partial charge in [-0.15, -0.1) is 0 Å². The molecule has 0 saturated heterocycles. The summed E-state index contributed by atoms with van der Waals surface area (Å²) in [6.45, 7) is 4.21. The highest BCUT2D eigenvalue weighted by atomic mass is 19.1. The molecule has 2 amide bonds. The first-order valence-corrected chi connectivity index (χ1v) is 10.3. The van der Waals surface area contributed by atoms with Crippen molar-refractivity contribution < 1.29 is 18.7 Å². The first-order chi connectivity index (χ1) is 15.4. The lowest BCUT2D eigenvalue weighted by molar-refractivity contribution is -0.137. The molecule has 0 bridgehead atoms. The van der Waals surface area contributed by atoms with Crippen LogP contribution in [0.2, 0.25) is 0 Å². The Morgan fingerprint density at radius 2 is 1.59 bits per heavy atom. The topological polar surface area (TPSA) is 58.6 Å². The number of hydrogen-bond donors (Lipinski definition) is 1. The number of imide groups is 1. The Bertz CT molecular complexity index is 1180. The van der Waals surface area contributed by atoms with Crippen LogP contribution in [0, 0.1) is 19.7 Å². The van der Waals surface area contributed by atoms with Crippen LogP contribution in [0.5, 0.6) is 5.75 Å². The third-order valence-corrected chi connectivity index (χ3v) is 5.10. The van der Waals surface area contributed by atoms with Gasteiger partial charge in [0.1, 0.15) is 23.9 Å². The van der Waals surface area contributed by atoms with E-state index in [1.54, 1.807) is 30.3 Å². The van der Waals surface area contributed by atoms with E-state index in [0.29, 0.717) is 17.0 Å². The first kappa shape index (κ1) is 21.3. The molecule has 0 unspecified atom stereocenters. The predicted octanol–water partition coefficient (Wildman–Crippen LogP) is 4.71. The van der Waals surface area contributed by atoms with E-state index in [2.05, 4.69) is 5.32 Å². The molecule has 0 saturated carbocycles. The van der Waals surface area contributed by atoms with Crippen LogP contribution in [-0.2, 0) is 9.59 Å². The number of hydrogen-bond acceptors (Lipinski definition) is 4. The zero-order chi connectivity index (χ0) is 22.7. The van der Waals surface area contributed by atoms with Gasteiger partial charge in [-0.05, 0) is 60.9 Å². The molecular weight excluding hydrogens is 407 g/mol. The van der Waals surface area contributed by atoms with E-state index in [1.165, 1.54) is 18.2 Å². The van der Waals surface area contributed by atoms with Crippen molar-refractivity contribution in [1.82, 2.24) is 4.90 Å². The number of ether oxygens (including phenoxy) is 1. The minimum atomic E-state index is -0.470. The Morgan fingerprint density at radius 3 is 2.28 bits per heavy atom. The fourth-order valence-corrected chi connectivity index (χ4v) is 3.75. The lowest BCUT2D eigenvalue weighted by atomic mass is 10.0. The van der Waals surface area contributed by atoms with Crippen LogP contribution in [0.4, 0.5) is 10.1 Å². The number of nitrogens with zero attached hydrogens (tertiary/aromatic N) is 1. The summed E-state index contributed by atoms with van der Waals surface area (Å²) in [6.07, 6.45) is 0. The van der Waals surface area contributed by atoms with Gasteiger partial charge in [-0.1, -0.05) is 42.5 Å². The number of aryl methyl sites for hydroxylation is 2. The van der Waals surface area contributed by atoms with E-state index in [0.717, 1.165) is 16.0 Å². The SMILES string of the molecule is Cc1cc(C)cc(OCCN2C(=O)C(Nc3cccc(F)c3)=C(c3ccccc3)C2=O)c1. The zero-order valence-corrected chi connectivity index (χ0v) is 17.9. The molecule has 0 atom stereocenters. The van der Waals surface area contributed by atoms with Gasteiger partial charge in [0.15, 0.2) is 0 Å². The highest BCUT2D eigenvalue weighted by molar-refractivity contribution is 6.36. The highest BCUT2D eigenvalue weighted by Gasteiger charge is 2.39. The molecule has 5 nitrogen and oxygen atoms in total. The van der Waals surface area contributed by atoms with Gasteiger partial charge in [0.25, 0.3) is 11.8 Å². The number of nitrogens with one attached hydrogen (secondary N) is 1. The molecule has 1 aliphatic heterocycles. The molecule has 6 heteroatoms. The normalized spacial score (nSPS) is 13.7. The summed E-state index contributed by atoms with van der Waals surface area (Å²) in [5.74, 6) is -0.630. The summed E-state index contributed by atoms with van der Waals surface area (Å²) in [5, 5.41) is 2.95. The summed E-state index contributed by atoms with van der Waals surface area (Å²) in [4.78, 5) is 27.5. The first-order valence-electron chi connectivity index (χ1n) is 10.3. The lowest BCUT2D eigenvalue weighted by Crippen LogP contribution is -2.36. The minimum Gasteiger partial charge on any atom is -0.492 e. The molecule has 0 aromatic heterocycles. The van der Waals surface area contributed by atoms with Gasteiger partial charge in [-0.25, -0.2) is 4.39 Å². The number of amides is 2. The van der Waals surface area contributed by atoms with Crippen molar-refractivity contribution in [2.45, 2.75) is 13.8 Å². The smallest absolute Gasteiger partial charge is 0.278 e. The molecule has 1 N–H and O–H groups in total. The van der Waals surface area contributed by atoms with Crippen molar-refractivity contribution in [3.63, 3.8) is 0 Å². The number of halogens is 1. The molecular formula is C26H23FN2O3. The monoisotopic (exact) mass is 430 g/mol. The second-order valence-corrected chi connectivity index (χ2v) is 7.69. The highest BCUT2D eigenvalue weighted by Crippen LogP contribution is 2.30. The van der Waals surface area contributed by atoms with Crippen LogP contribution in [0.3, 0.4) is 0 Å². The van der Waals surface area contributed by atoms with E-state index in [1.807, 2.05) is 38.1 Å². The van der Waals surface area contributed by atoms with Gasteiger partial charge in [0, 0.05) is 5.69 Å². The van der Waals surface area contributed by atoms with E-state index in [-0.39, 0.29) is 24.4 Å². The maximum absolute atomic E-state index is 13.7. The second-order valence-electron chi connectivity index (χ2n) is 7.69. The predicted molar refractivity (Wildman–Crippen MR) is 122 cm³/mol. The molecule has 0 radical (unpaired) electrons. The molecule has 3 aromatic rings. The maximum Gasteiger partial charge on any atom is 0.278 e. The Morgan fingerprint density at radius 1 is 0.875 bits per heavy atom. The van der Waals surface area contributed by atoms with Crippen LogP contribution in [-0.4, -0.2) is 29.9 Å². The number of benzene rings is 3. The largest absolute Gasteiger partial charge is 0.492 e. The summed E-state index contributed by atoms with van der Waals surface area (Å²) >= 11 is 0. The van der Waals surface area contributed by atoms with Gasteiger partial charge in [0.05, 0.1) is 12.1 Å². The molecule has 3 aromatic carbocycles. The van der Waals surface area contributed by atoms with E-state index < -0.39 is 17.6 Å². The van der Waals surface area contributed by atoms with Crippen molar-refractivity contribution in [3.05, 3.63) is 101 Å².